The number of hydrogen-bond donors (Lipinski definition) is 1. The first-order valence-corrected chi connectivity index (χ1v) is 8.58. The molecule has 0 fully saturated rings. The van der Waals surface area contributed by atoms with Gasteiger partial charge >= 0.3 is 5.97 Å². The van der Waals surface area contributed by atoms with Crippen LogP contribution in [0.5, 0.6) is 0 Å². The highest BCUT2D eigenvalue weighted by Crippen LogP contribution is 2.28. The first-order valence-electron chi connectivity index (χ1n) is 7.82. The number of rotatable bonds is 6. The van der Waals surface area contributed by atoms with Gasteiger partial charge in [0, 0.05) is 6.07 Å². The van der Waals surface area contributed by atoms with E-state index in [9.17, 15) is 19.7 Å². The third kappa shape index (κ3) is 5.67. The predicted octanol–water partition coefficient (Wildman–Crippen LogP) is 4.24. The number of anilines is 1. The lowest BCUT2D eigenvalue weighted by molar-refractivity contribution is -0.384. The summed E-state index contributed by atoms with van der Waals surface area (Å²) in [7, 11) is 0. The van der Waals surface area contributed by atoms with Gasteiger partial charge in [0.15, 0.2) is 6.61 Å². The van der Waals surface area contributed by atoms with Crippen molar-refractivity contribution in [2.75, 3.05) is 11.9 Å². The van der Waals surface area contributed by atoms with Gasteiger partial charge in [-0.25, -0.2) is 0 Å². The van der Waals surface area contributed by atoms with E-state index in [0.29, 0.717) is 15.6 Å². The maximum atomic E-state index is 12.0. The minimum atomic E-state index is -0.677. The Balaban J connectivity index is 1.96. The third-order valence-corrected chi connectivity index (χ3v) is 4.52. The van der Waals surface area contributed by atoms with E-state index in [2.05, 4.69) is 5.32 Å². The summed E-state index contributed by atoms with van der Waals surface area (Å²) >= 11 is 11.7. The molecule has 0 spiro atoms. The van der Waals surface area contributed by atoms with Crippen LogP contribution in [0.1, 0.15) is 16.7 Å². The summed E-state index contributed by atoms with van der Waals surface area (Å²) in [6.45, 7) is 2.94. The highest BCUT2D eigenvalue weighted by atomic mass is 35.5. The lowest BCUT2D eigenvalue weighted by Crippen LogP contribution is -2.22. The van der Waals surface area contributed by atoms with Crippen molar-refractivity contribution in [2.45, 2.75) is 20.3 Å². The Labute approximate surface area is 165 Å². The molecule has 0 bridgehead atoms. The van der Waals surface area contributed by atoms with Gasteiger partial charge in [-0.05, 0) is 48.7 Å². The number of nitrogens with one attached hydrogen (secondary N) is 1. The maximum Gasteiger partial charge on any atom is 0.310 e. The minimum Gasteiger partial charge on any atom is -0.455 e. The van der Waals surface area contributed by atoms with Crippen LogP contribution >= 0.6 is 23.2 Å². The molecule has 0 aliphatic heterocycles. The van der Waals surface area contributed by atoms with Gasteiger partial charge in [0.2, 0.25) is 0 Å². The second-order valence-corrected chi connectivity index (χ2v) is 6.66. The molecule has 0 unspecified atom stereocenters. The fraction of sp³-hybridized carbons (Fsp3) is 0.222. The zero-order valence-electron chi connectivity index (χ0n) is 14.5. The summed E-state index contributed by atoms with van der Waals surface area (Å²) in [6, 6.07) is 7.58. The molecule has 7 nitrogen and oxygen atoms in total. The molecule has 9 heteroatoms. The van der Waals surface area contributed by atoms with E-state index >= 15 is 0 Å². The first kappa shape index (κ1) is 20.7. The lowest BCUT2D eigenvalue weighted by atomic mass is 10.1. The fourth-order valence-electron chi connectivity index (χ4n) is 2.25. The largest absolute Gasteiger partial charge is 0.455 e. The van der Waals surface area contributed by atoms with Crippen LogP contribution in [0, 0.1) is 24.0 Å². The average molecular weight is 411 g/mol. The predicted molar refractivity (Wildman–Crippen MR) is 102 cm³/mol. The number of ether oxygens (including phenoxy) is 1. The molecule has 1 amide bonds. The third-order valence-electron chi connectivity index (χ3n) is 3.78. The summed E-state index contributed by atoms with van der Waals surface area (Å²) < 4.78 is 4.91. The SMILES string of the molecule is Cc1cc(NC(=O)COC(=O)Cc2ccc(Cl)c(Cl)c2)c([N+](=O)[O-])cc1C. The van der Waals surface area contributed by atoms with Crippen LogP contribution in [-0.2, 0) is 20.7 Å². The van der Waals surface area contributed by atoms with Gasteiger partial charge in [0.1, 0.15) is 5.69 Å². The van der Waals surface area contributed by atoms with E-state index in [1.807, 2.05) is 0 Å². The molecule has 0 atom stereocenters. The van der Waals surface area contributed by atoms with Crippen LogP contribution in [0.2, 0.25) is 10.0 Å². The van der Waals surface area contributed by atoms with Gasteiger partial charge in [-0.1, -0.05) is 29.3 Å². The van der Waals surface area contributed by atoms with Crippen LogP contribution in [0.4, 0.5) is 11.4 Å². The van der Waals surface area contributed by atoms with Gasteiger partial charge in [-0.15, -0.1) is 0 Å². The van der Waals surface area contributed by atoms with Crippen molar-refractivity contribution in [3.63, 3.8) is 0 Å². The molecular formula is C18H16Cl2N2O5. The van der Waals surface area contributed by atoms with Crippen LogP contribution < -0.4 is 5.32 Å². The normalized spacial score (nSPS) is 10.4. The molecule has 142 valence electrons. The molecule has 0 heterocycles. The Kier molecular flexibility index (Phi) is 6.76. The molecule has 0 aliphatic carbocycles. The number of benzene rings is 2. The summed E-state index contributed by atoms with van der Waals surface area (Å²) in [5, 5.41) is 14.2. The molecule has 27 heavy (non-hydrogen) atoms. The Hall–Kier alpha value is -2.64. The number of halogens is 2. The summed E-state index contributed by atoms with van der Waals surface area (Å²) in [5.74, 6) is -1.32. The second-order valence-electron chi connectivity index (χ2n) is 5.84. The van der Waals surface area contributed by atoms with Crippen molar-refractivity contribution < 1.29 is 19.2 Å². The number of nitro groups is 1. The zero-order valence-corrected chi connectivity index (χ0v) is 16.1. The number of nitrogens with zero attached hydrogens (tertiary/aromatic N) is 1. The molecule has 0 aromatic heterocycles. The number of aryl methyl sites for hydroxylation is 2. The quantitative estimate of drug-likeness (QED) is 0.436. The van der Waals surface area contributed by atoms with Crippen molar-refractivity contribution in [1.82, 2.24) is 0 Å². The topological polar surface area (TPSA) is 98.5 Å². The van der Waals surface area contributed by atoms with E-state index in [-0.39, 0.29) is 17.8 Å². The maximum absolute atomic E-state index is 12.0. The Morgan fingerprint density at radius 2 is 1.78 bits per heavy atom. The highest BCUT2D eigenvalue weighted by Gasteiger charge is 2.18. The number of carbonyl (C=O) groups excluding carboxylic acids is 2. The monoisotopic (exact) mass is 410 g/mol. The van der Waals surface area contributed by atoms with Crippen molar-refractivity contribution in [2.24, 2.45) is 0 Å². The molecule has 0 aliphatic rings. The van der Waals surface area contributed by atoms with Crippen molar-refractivity contribution in [3.05, 3.63) is 67.2 Å². The van der Waals surface area contributed by atoms with E-state index in [1.54, 1.807) is 26.0 Å². The molecule has 2 aromatic rings. The van der Waals surface area contributed by atoms with Crippen LogP contribution in [-0.4, -0.2) is 23.4 Å². The standard InChI is InChI=1S/C18H16Cl2N2O5/c1-10-5-15(16(22(25)26)6-11(10)2)21-17(23)9-27-18(24)8-12-3-4-13(19)14(20)7-12/h3-7H,8-9H2,1-2H3,(H,21,23). The Morgan fingerprint density at radius 1 is 1.11 bits per heavy atom. The molecular weight excluding hydrogens is 395 g/mol. The lowest BCUT2D eigenvalue weighted by Gasteiger charge is -2.09. The number of amides is 1. The summed E-state index contributed by atoms with van der Waals surface area (Å²) in [4.78, 5) is 34.4. The fourth-order valence-corrected chi connectivity index (χ4v) is 2.57. The smallest absolute Gasteiger partial charge is 0.310 e. The van der Waals surface area contributed by atoms with E-state index in [0.717, 1.165) is 11.1 Å². The zero-order chi connectivity index (χ0) is 20.1. The van der Waals surface area contributed by atoms with E-state index in [1.165, 1.54) is 18.2 Å². The van der Waals surface area contributed by atoms with Crippen molar-refractivity contribution in [1.29, 1.82) is 0 Å². The van der Waals surface area contributed by atoms with Gasteiger partial charge in [0.05, 0.1) is 21.4 Å². The Bertz CT molecular complexity index is 915. The molecule has 0 radical (unpaired) electrons. The van der Waals surface area contributed by atoms with Crippen LogP contribution in [0.25, 0.3) is 0 Å². The number of esters is 1. The molecule has 0 saturated heterocycles. The molecule has 0 saturated carbocycles. The first-order chi connectivity index (χ1) is 12.7. The number of carbonyl (C=O) groups is 2. The van der Waals surface area contributed by atoms with Crippen molar-refractivity contribution >= 4 is 46.5 Å². The molecule has 1 N–H and O–H groups in total. The second kappa shape index (κ2) is 8.83. The summed E-state index contributed by atoms with van der Waals surface area (Å²) in [6.07, 6.45) is -0.0893. The van der Waals surface area contributed by atoms with Gasteiger partial charge in [0.25, 0.3) is 11.6 Å². The molecule has 2 aromatic carbocycles. The number of nitro benzene ring substituents is 1. The van der Waals surface area contributed by atoms with Crippen LogP contribution in [0.3, 0.4) is 0 Å². The van der Waals surface area contributed by atoms with Crippen LogP contribution in [0.15, 0.2) is 30.3 Å². The van der Waals surface area contributed by atoms with Gasteiger partial charge in [-0.3, -0.25) is 19.7 Å². The van der Waals surface area contributed by atoms with E-state index in [4.69, 9.17) is 27.9 Å². The van der Waals surface area contributed by atoms with Gasteiger partial charge < -0.3 is 10.1 Å². The minimum absolute atomic E-state index is 0.0497. The summed E-state index contributed by atoms with van der Waals surface area (Å²) in [5.41, 5.74) is 1.92. The average Bonchev–Trinajstić information content (AvgIpc) is 2.59. The van der Waals surface area contributed by atoms with Gasteiger partial charge in [-0.2, -0.15) is 0 Å². The van der Waals surface area contributed by atoms with Crippen molar-refractivity contribution in [3.8, 4) is 0 Å². The number of hydrogen-bond acceptors (Lipinski definition) is 5. The Morgan fingerprint density at radius 3 is 2.41 bits per heavy atom. The highest BCUT2D eigenvalue weighted by molar-refractivity contribution is 6.42. The molecule has 2 rings (SSSR count). The van der Waals surface area contributed by atoms with E-state index < -0.39 is 23.4 Å².